The van der Waals surface area contributed by atoms with Gasteiger partial charge in [-0.1, -0.05) is 24.1 Å². The van der Waals surface area contributed by atoms with E-state index in [1.54, 1.807) is 0 Å². The number of rotatable bonds is 5. The molecule has 0 saturated heterocycles. The van der Waals surface area contributed by atoms with Gasteiger partial charge in [0.15, 0.2) is 0 Å². The lowest BCUT2D eigenvalue weighted by Gasteiger charge is -2.33. The van der Waals surface area contributed by atoms with E-state index in [0.29, 0.717) is 5.02 Å². The molecule has 0 radical (unpaired) electrons. The van der Waals surface area contributed by atoms with Crippen LogP contribution in [0.5, 0.6) is 0 Å². The van der Waals surface area contributed by atoms with Gasteiger partial charge in [0.05, 0.1) is 6.61 Å². The van der Waals surface area contributed by atoms with Crippen LogP contribution >= 0.6 is 11.6 Å². The Morgan fingerprint density at radius 3 is 2.65 bits per heavy atom. The Balaban J connectivity index is 2.09. The van der Waals surface area contributed by atoms with E-state index in [4.69, 9.17) is 16.7 Å². The van der Waals surface area contributed by atoms with Gasteiger partial charge in [-0.2, -0.15) is 0 Å². The molecule has 0 unspecified atom stereocenters. The van der Waals surface area contributed by atoms with E-state index in [-0.39, 0.29) is 6.61 Å². The summed E-state index contributed by atoms with van der Waals surface area (Å²) in [5.41, 5.74) is 1.97. The molecule has 1 aliphatic rings. The van der Waals surface area contributed by atoms with Crippen molar-refractivity contribution in [2.75, 3.05) is 18.0 Å². The molecule has 0 heterocycles. The molecule has 1 aliphatic carbocycles. The lowest BCUT2D eigenvalue weighted by atomic mass is 9.85. The first-order valence-electron chi connectivity index (χ1n) is 6.38. The Labute approximate surface area is 108 Å². The summed E-state index contributed by atoms with van der Waals surface area (Å²) in [4.78, 5) is 2.37. The number of hydrogen-bond donors (Lipinski definition) is 1. The molecule has 0 bridgehead atoms. The Morgan fingerprint density at radius 2 is 2.18 bits per heavy atom. The van der Waals surface area contributed by atoms with Gasteiger partial charge < -0.3 is 10.0 Å². The number of aliphatic hydroxyl groups is 1. The molecule has 2 rings (SSSR count). The number of hydrogen-bond acceptors (Lipinski definition) is 2. The van der Waals surface area contributed by atoms with Crippen LogP contribution in [0.4, 0.5) is 5.69 Å². The van der Waals surface area contributed by atoms with Gasteiger partial charge in [-0.3, -0.25) is 0 Å². The predicted molar refractivity (Wildman–Crippen MR) is 72.6 cm³/mol. The summed E-state index contributed by atoms with van der Waals surface area (Å²) in [6.45, 7) is 4.32. The van der Waals surface area contributed by atoms with E-state index in [1.165, 1.54) is 24.9 Å². The average molecular weight is 254 g/mol. The van der Waals surface area contributed by atoms with Crippen LogP contribution in [0.2, 0.25) is 5.02 Å². The first-order chi connectivity index (χ1) is 8.24. The summed E-state index contributed by atoms with van der Waals surface area (Å²) in [6.07, 6.45) is 4.10. The van der Waals surface area contributed by atoms with E-state index in [1.807, 2.05) is 12.1 Å². The molecule has 1 aromatic carbocycles. The molecule has 0 atom stereocenters. The zero-order chi connectivity index (χ0) is 12.3. The number of anilines is 1. The molecule has 17 heavy (non-hydrogen) atoms. The maximum Gasteiger partial charge on any atom is 0.0696 e. The highest BCUT2D eigenvalue weighted by molar-refractivity contribution is 6.31. The van der Waals surface area contributed by atoms with Crippen molar-refractivity contribution in [3.63, 3.8) is 0 Å². The largest absolute Gasteiger partial charge is 0.392 e. The van der Waals surface area contributed by atoms with E-state index < -0.39 is 0 Å². The molecule has 0 aromatic heterocycles. The predicted octanol–water partition coefficient (Wildman–Crippen LogP) is 3.46. The SMILES string of the molecule is CCN(CC1CCC1)c1ccc(CO)c(Cl)c1. The van der Waals surface area contributed by atoms with Crippen LogP contribution in [0.15, 0.2) is 18.2 Å². The summed E-state index contributed by atoms with van der Waals surface area (Å²) < 4.78 is 0. The van der Waals surface area contributed by atoms with Gasteiger partial charge in [0.2, 0.25) is 0 Å². The first-order valence-corrected chi connectivity index (χ1v) is 6.76. The third-order valence-corrected chi connectivity index (χ3v) is 4.01. The molecule has 0 spiro atoms. The molecule has 3 heteroatoms. The van der Waals surface area contributed by atoms with E-state index in [9.17, 15) is 0 Å². The fourth-order valence-electron chi connectivity index (χ4n) is 2.27. The van der Waals surface area contributed by atoms with Crippen LogP contribution in [0.25, 0.3) is 0 Å². The minimum Gasteiger partial charge on any atom is -0.392 e. The van der Waals surface area contributed by atoms with Crippen molar-refractivity contribution in [2.24, 2.45) is 5.92 Å². The molecular formula is C14H20ClNO. The van der Waals surface area contributed by atoms with Gasteiger partial charge in [0.25, 0.3) is 0 Å². The Bertz CT molecular complexity index is 376. The summed E-state index contributed by atoms with van der Waals surface area (Å²) in [6, 6.07) is 5.94. The molecule has 1 N–H and O–H groups in total. The first kappa shape index (κ1) is 12.7. The van der Waals surface area contributed by atoms with Crippen LogP contribution in [-0.2, 0) is 6.61 Å². The van der Waals surface area contributed by atoms with Crippen molar-refractivity contribution in [3.05, 3.63) is 28.8 Å². The van der Waals surface area contributed by atoms with Crippen molar-refractivity contribution in [1.82, 2.24) is 0 Å². The minimum atomic E-state index is 0.00780. The van der Waals surface area contributed by atoms with E-state index in [0.717, 1.165) is 24.6 Å². The van der Waals surface area contributed by atoms with Crippen LogP contribution in [0.1, 0.15) is 31.7 Å². The van der Waals surface area contributed by atoms with Crippen LogP contribution in [0, 0.1) is 5.92 Å². The second-order valence-corrected chi connectivity index (χ2v) is 5.18. The lowest BCUT2D eigenvalue weighted by molar-refractivity contribution is 0.282. The highest BCUT2D eigenvalue weighted by atomic mass is 35.5. The highest BCUT2D eigenvalue weighted by Gasteiger charge is 2.20. The van der Waals surface area contributed by atoms with Crippen molar-refractivity contribution < 1.29 is 5.11 Å². The van der Waals surface area contributed by atoms with Gasteiger partial charge >= 0.3 is 0 Å². The van der Waals surface area contributed by atoms with Crippen molar-refractivity contribution in [1.29, 1.82) is 0 Å². The van der Waals surface area contributed by atoms with Gasteiger partial charge in [-0.25, -0.2) is 0 Å². The number of benzene rings is 1. The number of halogens is 1. The van der Waals surface area contributed by atoms with Crippen LogP contribution in [-0.4, -0.2) is 18.2 Å². The van der Waals surface area contributed by atoms with Crippen molar-refractivity contribution >= 4 is 17.3 Å². The van der Waals surface area contributed by atoms with Crippen LogP contribution in [0.3, 0.4) is 0 Å². The normalized spacial score (nSPS) is 15.7. The highest BCUT2D eigenvalue weighted by Crippen LogP contribution is 2.30. The summed E-state index contributed by atoms with van der Waals surface area (Å²) in [5.74, 6) is 0.853. The third kappa shape index (κ3) is 2.93. The maximum absolute atomic E-state index is 9.10. The van der Waals surface area contributed by atoms with Gasteiger partial charge in [-0.15, -0.1) is 0 Å². The molecule has 94 valence electrons. The quantitative estimate of drug-likeness (QED) is 0.869. The second kappa shape index (κ2) is 5.74. The second-order valence-electron chi connectivity index (χ2n) is 4.77. The average Bonchev–Trinajstić information content (AvgIpc) is 2.28. The van der Waals surface area contributed by atoms with Gasteiger partial charge in [0.1, 0.15) is 0 Å². The zero-order valence-electron chi connectivity index (χ0n) is 10.3. The standard InChI is InChI=1S/C14H20ClNO/c1-2-16(9-11-4-3-5-11)13-7-6-12(10-17)14(15)8-13/h6-8,11,17H,2-5,9-10H2,1H3. The van der Waals surface area contributed by atoms with Crippen LogP contribution < -0.4 is 4.90 Å². The van der Waals surface area contributed by atoms with Gasteiger partial charge in [-0.05, 0) is 43.4 Å². The molecule has 1 aromatic rings. The topological polar surface area (TPSA) is 23.5 Å². The number of nitrogens with zero attached hydrogens (tertiary/aromatic N) is 1. The van der Waals surface area contributed by atoms with Crippen molar-refractivity contribution in [2.45, 2.75) is 32.8 Å². The monoisotopic (exact) mass is 253 g/mol. The smallest absolute Gasteiger partial charge is 0.0696 e. The molecule has 0 amide bonds. The zero-order valence-corrected chi connectivity index (χ0v) is 11.1. The van der Waals surface area contributed by atoms with E-state index in [2.05, 4.69) is 17.9 Å². The summed E-state index contributed by atoms with van der Waals surface area (Å²) in [5, 5.41) is 9.76. The molecule has 2 nitrogen and oxygen atoms in total. The fourth-order valence-corrected chi connectivity index (χ4v) is 2.50. The Morgan fingerprint density at radius 1 is 1.41 bits per heavy atom. The molecular weight excluding hydrogens is 234 g/mol. The van der Waals surface area contributed by atoms with Crippen molar-refractivity contribution in [3.8, 4) is 0 Å². The minimum absolute atomic E-state index is 0.00780. The lowest BCUT2D eigenvalue weighted by Crippen LogP contribution is -2.32. The summed E-state index contributed by atoms with van der Waals surface area (Å²) >= 11 is 6.13. The third-order valence-electron chi connectivity index (χ3n) is 3.66. The Kier molecular flexibility index (Phi) is 4.30. The fraction of sp³-hybridized carbons (Fsp3) is 0.571. The molecule has 0 aliphatic heterocycles. The summed E-state index contributed by atoms with van der Waals surface area (Å²) in [7, 11) is 0. The van der Waals surface area contributed by atoms with Gasteiger partial charge in [0, 0.05) is 23.8 Å². The number of aliphatic hydroxyl groups excluding tert-OH is 1. The Hall–Kier alpha value is -0.730. The van der Waals surface area contributed by atoms with E-state index >= 15 is 0 Å². The molecule has 1 saturated carbocycles. The maximum atomic E-state index is 9.10. The molecule has 1 fully saturated rings.